The van der Waals surface area contributed by atoms with Crippen LogP contribution in [0.3, 0.4) is 0 Å². The van der Waals surface area contributed by atoms with Crippen LogP contribution in [0.15, 0.2) is 0 Å². The molecule has 0 aromatic rings. The summed E-state index contributed by atoms with van der Waals surface area (Å²) in [5.74, 6) is 1.47. The number of nitrogens with one attached hydrogen (secondary N) is 1. The predicted octanol–water partition coefficient (Wildman–Crippen LogP) is 2.39. The van der Waals surface area contributed by atoms with Crippen molar-refractivity contribution in [2.45, 2.75) is 58.0 Å². The molecular formula is C15H27N3. The SMILES string of the molecule is CCN(CC1CC1)CC(C#N)(NC(C)C)C1CC1. The highest BCUT2D eigenvalue weighted by atomic mass is 15.2. The van der Waals surface area contributed by atoms with E-state index in [-0.39, 0.29) is 5.54 Å². The molecule has 0 bridgehead atoms. The summed E-state index contributed by atoms with van der Waals surface area (Å²) in [6, 6.07) is 2.99. The van der Waals surface area contributed by atoms with Gasteiger partial charge >= 0.3 is 0 Å². The molecule has 1 atom stereocenters. The van der Waals surface area contributed by atoms with E-state index in [4.69, 9.17) is 0 Å². The lowest BCUT2D eigenvalue weighted by atomic mass is 9.93. The van der Waals surface area contributed by atoms with Crippen LogP contribution in [0.1, 0.15) is 46.5 Å². The zero-order valence-corrected chi connectivity index (χ0v) is 12.1. The molecule has 1 unspecified atom stereocenters. The first-order valence-corrected chi connectivity index (χ1v) is 7.51. The molecule has 0 saturated heterocycles. The molecule has 3 nitrogen and oxygen atoms in total. The lowest BCUT2D eigenvalue weighted by Crippen LogP contribution is -2.56. The van der Waals surface area contributed by atoms with Crippen molar-refractivity contribution in [3.05, 3.63) is 0 Å². The minimum Gasteiger partial charge on any atom is -0.300 e. The summed E-state index contributed by atoms with van der Waals surface area (Å²) in [6.07, 6.45) is 5.21. The minimum atomic E-state index is -0.306. The molecule has 0 amide bonds. The molecule has 2 aliphatic rings. The third kappa shape index (κ3) is 3.46. The van der Waals surface area contributed by atoms with E-state index in [1.54, 1.807) is 0 Å². The summed E-state index contributed by atoms with van der Waals surface area (Å²) >= 11 is 0. The average molecular weight is 249 g/mol. The summed E-state index contributed by atoms with van der Waals surface area (Å²) < 4.78 is 0. The molecule has 18 heavy (non-hydrogen) atoms. The second-order valence-electron chi connectivity index (χ2n) is 6.43. The summed E-state index contributed by atoms with van der Waals surface area (Å²) in [5.41, 5.74) is -0.306. The second kappa shape index (κ2) is 5.59. The molecule has 1 N–H and O–H groups in total. The summed E-state index contributed by atoms with van der Waals surface area (Å²) in [7, 11) is 0. The van der Waals surface area contributed by atoms with Gasteiger partial charge in [0, 0.05) is 19.1 Å². The van der Waals surface area contributed by atoms with Gasteiger partial charge in [-0.3, -0.25) is 5.32 Å². The van der Waals surface area contributed by atoms with Crippen molar-refractivity contribution in [3.8, 4) is 6.07 Å². The Balaban J connectivity index is 2.00. The van der Waals surface area contributed by atoms with E-state index >= 15 is 0 Å². The van der Waals surface area contributed by atoms with Crippen LogP contribution in [0.4, 0.5) is 0 Å². The van der Waals surface area contributed by atoms with Crippen LogP contribution in [0.5, 0.6) is 0 Å². The molecule has 2 aliphatic carbocycles. The molecule has 0 aliphatic heterocycles. The maximum Gasteiger partial charge on any atom is 0.122 e. The van der Waals surface area contributed by atoms with E-state index in [2.05, 4.69) is 37.1 Å². The Morgan fingerprint density at radius 1 is 1.33 bits per heavy atom. The highest BCUT2D eigenvalue weighted by molar-refractivity contribution is 5.17. The summed E-state index contributed by atoms with van der Waals surface area (Å²) in [6.45, 7) is 9.66. The first-order chi connectivity index (χ1) is 8.59. The Morgan fingerprint density at radius 2 is 2.00 bits per heavy atom. The van der Waals surface area contributed by atoms with Crippen molar-refractivity contribution in [1.82, 2.24) is 10.2 Å². The maximum absolute atomic E-state index is 9.69. The van der Waals surface area contributed by atoms with Crippen LogP contribution in [-0.4, -0.2) is 36.1 Å². The summed E-state index contributed by atoms with van der Waals surface area (Å²) in [5, 5.41) is 13.3. The molecule has 0 spiro atoms. The van der Waals surface area contributed by atoms with Gasteiger partial charge in [-0.2, -0.15) is 5.26 Å². The molecule has 0 heterocycles. The Hall–Kier alpha value is -0.590. The van der Waals surface area contributed by atoms with Gasteiger partial charge in [0.2, 0.25) is 0 Å². The van der Waals surface area contributed by atoms with Gasteiger partial charge < -0.3 is 4.90 Å². The van der Waals surface area contributed by atoms with E-state index in [1.807, 2.05) is 0 Å². The van der Waals surface area contributed by atoms with Gasteiger partial charge in [-0.15, -0.1) is 0 Å². The molecular weight excluding hydrogens is 222 g/mol. The normalized spacial score (nSPS) is 23.1. The minimum absolute atomic E-state index is 0.306. The van der Waals surface area contributed by atoms with Crippen LogP contribution >= 0.6 is 0 Å². The van der Waals surface area contributed by atoms with Crippen molar-refractivity contribution < 1.29 is 0 Å². The number of rotatable bonds is 8. The highest BCUT2D eigenvalue weighted by Crippen LogP contribution is 2.40. The molecule has 3 heteroatoms. The van der Waals surface area contributed by atoms with Crippen LogP contribution in [0.2, 0.25) is 0 Å². The van der Waals surface area contributed by atoms with Crippen LogP contribution in [0.25, 0.3) is 0 Å². The standard InChI is InChI=1S/C15H27N3/c1-4-18(9-13-5-6-13)11-15(10-16,14-7-8-14)17-12(2)3/h12-14,17H,4-9,11H2,1-3H3. The molecule has 2 saturated carbocycles. The summed E-state index contributed by atoms with van der Waals surface area (Å²) in [4.78, 5) is 2.48. The fourth-order valence-electron chi connectivity index (χ4n) is 2.87. The van der Waals surface area contributed by atoms with E-state index in [0.717, 1.165) is 19.0 Å². The molecule has 0 aromatic heterocycles. The van der Waals surface area contributed by atoms with Gasteiger partial charge in [-0.25, -0.2) is 0 Å². The Labute approximate surface area is 112 Å². The van der Waals surface area contributed by atoms with Crippen LogP contribution in [-0.2, 0) is 0 Å². The van der Waals surface area contributed by atoms with E-state index in [1.165, 1.54) is 32.2 Å². The number of hydrogen-bond acceptors (Lipinski definition) is 3. The van der Waals surface area contributed by atoms with Crippen molar-refractivity contribution in [3.63, 3.8) is 0 Å². The van der Waals surface area contributed by atoms with E-state index < -0.39 is 0 Å². The van der Waals surface area contributed by atoms with Crippen LogP contribution in [0, 0.1) is 23.2 Å². The topological polar surface area (TPSA) is 39.1 Å². The van der Waals surface area contributed by atoms with E-state index in [0.29, 0.717) is 12.0 Å². The Morgan fingerprint density at radius 3 is 2.39 bits per heavy atom. The van der Waals surface area contributed by atoms with Gasteiger partial charge in [0.25, 0.3) is 0 Å². The van der Waals surface area contributed by atoms with Gasteiger partial charge in [0.05, 0.1) is 6.07 Å². The predicted molar refractivity (Wildman–Crippen MR) is 74.2 cm³/mol. The van der Waals surface area contributed by atoms with Crippen LogP contribution < -0.4 is 5.32 Å². The van der Waals surface area contributed by atoms with Crippen molar-refractivity contribution in [2.75, 3.05) is 19.6 Å². The molecule has 0 aromatic carbocycles. The smallest absolute Gasteiger partial charge is 0.122 e. The third-order valence-electron chi connectivity index (χ3n) is 4.15. The lowest BCUT2D eigenvalue weighted by Gasteiger charge is -2.35. The first kappa shape index (κ1) is 13.8. The molecule has 102 valence electrons. The largest absolute Gasteiger partial charge is 0.300 e. The zero-order valence-electron chi connectivity index (χ0n) is 12.1. The first-order valence-electron chi connectivity index (χ1n) is 7.51. The Kier molecular flexibility index (Phi) is 4.29. The highest BCUT2D eigenvalue weighted by Gasteiger charge is 2.47. The molecule has 2 fully saturated rings. The zero-order chi connectivity index (χ0) is 13.2. The Bertz CT molecular complexity index is 312. The van der Waals surface area contributed by atoms with Gasteiger partial charge in [0.1, 0.15) is 5.54 Å². The fourth-order valence-corrected chi connectivity index (χ4v) is 2.87. The van der Waals surface area contributed by atoms with Crippen molar-refractivity contribution in [2.24, 2.45) is 11.8 Å². The van der Waals surface area contributed by atoms with Gasteiger partial charge in [-0.1, -0.05) is 6.92 Å². The number of nitriles is 1. The van der Waals surface area contributed by atoms with Crippen molar-refractivity contribution in [1.29, 1.82) is 5.26 Å². The number of likely N-dealkylation sites (N-methyl/N-ethyl adjacent to an activating group) is 1. The monoisotopic (exact) mass is 249 g/mol. The third-order valence-corrected chi connectivity index (χ3v) is 4.15. The quantitative estimate of drug-likeness (QED) is 0.718. The molecule has 2 rings (SSSR count). The number of nitrogens with zero attached hydrogens (tertiary/aromatic N) is 2. The van der Waals surface area contributed by atoms with Crippen molar-refractivity contribution >= 4 is 0 Å². The lowest BCUT2D eigenvalue weighted by molar-refractivity contribution is 0.189. The van der Waals surface area contributed by atoms with E-state index in [9.17, 15) is 5.26 Å². The number of hydrogen-bond donors (Lipinski definition) is 1. The average Bonchev–Trinajstić information content (AvgIpc) is 3.17. The molecule has 0 radical (unpaired) electrons. The van der Waals surface area contributed by atoms with Gasteiger partial charge in [-0.05, 0) is 57.9 Å². The van der Waals surface area contributed by atoms with Gasteiger partial charge in [0.15, 0.2) is 0 Å². The second-order valence-corrected chi connectivity index (χ2v) is 6.43. The maximum atomic E-state index is 9.69. The fraction of sp³-hybridized carbons (Fsp3) is 0.933.